The summed E-state index contributed by atoms with van der Waals surface area (Å²) in [7, 11) is 3.30. The highest BCUT2D eigenvalue weighted by Crippen LogP contribution is 2.47. The molecular weight excluding hydrogens is 343 g/mol. The minimum absolute atomic E-state index is 0.667. The number of halogens is 2. The summed E-state index contributed by atoms with van der Waals surface area (Å²) in [5.41, 5.74) is 0.365. The number of hydrogen-bond donors (Lipinski definition) is 0. The molecule has 0 aromatic heterocycles. The highest BCUT2D eigenvalue weighted by atomic mass is 35.5. The predicted octanol–water partition coefficient (Wildman–Crippen LogP) is 6.29. The first-order chi connectivity index (χ1) is 11.4. The molecule has 24 heavy (non-hydrogen) atoms. The first-order valence-corrected chi connectivity index (χ1v) is 8.27. The van der Waals surface area contributed by atoms with Crippen molar-refractivity contribution in [3.05, 3.63) is 69.7 Å². The van der Waals surface area contributed by atoms with Crippen molar-refractivity contribution < 1.29 is 0 Å². The van der Waals surface area contributed by atoms with Crippen LogP contribution in [0.4, 0.5) is 0 Å². The molecule has 0 N–H and O–H groups in total. The molecule has 2 unspecified atom stereocenters. The lowest BCUT2D eigenvalue weighted by Crippen LogP contribution is -2.42. The number of rotatable bonds is 5. The van der Waals surface area contributed by atoms with E-state index in [-0.39, 0.29) is 0 Å². The van der Waals surface area contributed by atoms with E-state index >= 15 is 0 Å². The number of nitrogens with zero attached hydrogens (tertiary/aromatic N) is 4. The van der Waals surface area contributed by atoms with E-state index in [4.69, 9.17) is 23.2 Å². The summed E-state index contributed by atoms with van der Waals surface area (Å²) in [5.74, 6) is 0. The molecule has 0 amide bonds. The van der Waals surface area contributed by atoms with Gasteiger partial charge in [0.05, 0.1) is 0 Å². The topological polar surface area (TPSA) is 49.4 Å². The van der Waals surface area contributed by atoms with Gasteiger partial charge in [0.15, 0.2) is 0 Å². The van der Waals surface area contributed by atoms with E-state index in [2.05, 4.69) is 20.5 Å². The molecule has 2 atom stereocenters. The molecule has 0 saturated carbocycles. The van der Waals surface area contributed by atoms with Crippen molar-refractivity contribution in [3.63, 3.8) is 0 Å². The number of hydrogen-bond acceptors (Lipinski definition) is 4. The van der Waals surface area contributed by atoms with Crippen molar-refractivity contribution >= 4 is 23.2 Å². The SMILES string of the molecule is CN=NC(C)(c1ccc(Cl)cc1)C(C)(N=NC)c1ccc(Cl)cc1. The van der Waals surface area contributed by atoms with Crippen LogP contribution in [0.1, 0.15) is 25.0 Å². The van der Waals surface area contributed by atoms with Gasteiger partial charge in [-0.25, -0.2) is 0 Å². The lowest BCUT2D eigenvalue weighted by atomic mass is 9.71. The average Bonchev–Trinajstić information content (AvgIpc) is 2.56. The van der Waals surface area contributed by atoms with Crippen LogP contribution >= 0.6 is 23.2 Å². The molecule has 0 heterocycles. The van der Waals surface area contributed by atoms with Gasteiger partial charge < -0.3 is 0 Å². The van der Waals surface area contributed by atoms with Crippen LogP contribution in [0, 0.1) is 0 Å². The van der Waals surface area contributed by atoms with Crippen LogP contribution in [0.25, 0.3) is 0 Å². The molecule has 2 aromatic carbocycles. The Labute approximate surface area is 152 Å². The average molecular weight is 363 g/mol. The third-order valence-electron chi connectivity index (χ3n) is 4.36. The third kappa shape index (κ3) is 3.35. The Kier molecular flexibility index (Phi) is 5.73. The van der Waals surface area contributed by atoms with Crippen molar-refractivity contribution in [2.45, 2.75) is 24.9 Å². The Morgan fingerprint density at radius 1 is 0.625 bits per heavy atom. The number of azo groups is 2. The van der Waals surface area contributed by atoms with Gasteiger partial charge in [-0.2, -0.15) is 20.5 Å². The van der Waals surface area contributed by atoms with E-state index < -0.39 is 11.1 Å². The molecule has 126 valence electrons. The fourth-order valence-corrected chi connectivity index (χ4v) is 3.07. The van der Waals surface area contributed by atoms with E-state index in [1.807, 2.05) is 62.4 Å². The first kappa shape index (κ1) is 18.6. The summed E-state index contributed by atoms with van der Waals surface area (Å²) in [6, 6.07) is 15.1. The Hall–Kier alpha value is -1.78. The highest BCUT2D eigenvalue weighted by Gasteiger charge is 2.48. The maximum atomic E-state index is 6.04. The van der Waals surface area contributed by atoms with Crippen LogP contribution < -0.4 is 0 Å². The molecule has 0 saturated heterocycles. The van der Waals surface area contributed by atoms with Crippen LogP contribution in [0.5, 0.6) is 0 Å². The maximum Gasteiger partial charge on any atom is 0.134 e. The summed E-state index contributed by atoms with van der Waals surface area (Å²) >= 11 is 12.1. The molecule has 0 aliphatic carbocycles. The minimum Gasteiger partial charge on any atom is -0.197 e. The van der Waals surface area contributed by atoms with Crippen molar-refractivity contribution in [3.8, 4) is 0 Å². The Morgan fingerprint density at radius 3 is 1.17 bits per heavy atom. The molecule has 0 fully saturated rings. The second-order valence-electron chi connectivity index (χ2n) is 5.76. The normalized spacial score (nSPS) is 17.1. The van der Waals surface area contributed by atoms with Gasteiger partial charge in [0.2, 0.25) is 0 Å². The molecule has 4 nitrogen and oxygen atoms in total. The van der Waals surface area contributed by atoms with Crippen LogP contribution in [-0.2, 0) is 11.1 Å². The monoisotopic (exact) mass is 362 g/mol. The summed E-state index contributed by atoms with van der Waals surface area (Å²) in [6.07, 6.45) is 0. The summed E-state index contributed by atoms with van der Waals surface area (Å²) in [5, 5.41) is 18.5. The van der Waals surface area contributed by atoms with Crippen LogP contribution in [0.15, 0.2) is 69.0 Å². The smallest absolute Gasteiger partial charge is 0.134 e. The lowest BCUT2D eigenvalue weighted by Gasteiger charge is -2.39. The van der Waals surface area contributed by atoms with Gasteiger partial charge in [0.25, 0.3) is 0 Å². The summed E-state index contributed by atoms with van der Waals surface area (Å²) in [4.78, 5) is 0. The lowest BCUT2D eigenvalue weighted by molar-refractivity contribution is 0.249. The van der Waals surface area contributed by atoms with E-state index in [9.17, 15) is 0 Å². The molecule has 2 aromatic rings. The van der Waals surface area contributed by atoms with Gasteiger partial charge in [0, 0.05) is 24.1 Å². The van der Waals surface area contributed by atoms with E-state index in [0.29, 0.717) is 10.0 Å². The molecule has 6 heteroatoms. The molecule has 0 aliphatic rings. The largest absolute Gasteiger partial charge is 0.197 e. The minimum atomic E-state index is -0.764. The summed E-state index contributed by atoms with van der Waals surface area (Å²) < 4.78 is 0. The van der Waals surface area contributed by atoms with Gasteiger partial charge in [-0.05, 0) is 49.2 Å². The van der Waals surface area contributed by atoms with Gasteiger partial charge in [-0.15, -0.1) is 0 Å². The van der Waals surface area contributed by atoms with E-state index in [1.54, 1.807) is 14.1 Å². The van der Waals surface area contributed by atoms with E-state index in [0.717, 1.165) is 11.1 Å². The summed E-state index contributed by atoms with van der Waals surface area (Å²) in [6.45, 7) is 3.99. The quantitative estimate of drug-likeness (QED) is 0.561. The van der Waals surface area contributed by atoms with Crippen molar-refractivity contribution in [2.24, 2.45) is 20.5 Å². The molecular formula is C18H20Cl2N4. The molecule has 0 bridgehead atoms. The maximum absolute atomic E-state index is 6.04. The standard InChI is InChI=1S/C18H20Cl2N4/c1-17(23-21-3,13-5-9-15(19)10-6-13)18(2,24-22-4)14-7-11-16(20)12-8-14/h5-12H,1-4H3. The molecule has 0 aliphatic heterocycles. The Balaban J connectivity index is 2.71. The zero-order chi connectivity index (χ0) is 17.8. The Morgan fingerprint density at radius 2 is 0.917 bits per heavy atom. The second kappa shape index (κ2) is 7.41. The molecule has 0 radical (unpaired) electrons. The van der Waals surface area contributed by atoms with E-state index in [1.165, 1.54) is 0 Å². The number of benzene rings is 2. The van der Waals surface area contributed by atoms with Gasteiger partial charge in [0.1, 0.15) is 11.1 Å². The third-order valence-corrected chi connectivity index (χ3v) is 4.86. The fourth-order valence-electron chi connectivity index (χ4n) is 2.82. The van der Waals surface area contributed by atoms with Crippen molar-refractivity contribution in [2.75, 3.05) is 14.1 Å². The predicted molar refractivity (Wildman–Crippen MR) is 99.2 cm³/mol. The van der Waals surface area contributed by atoms with Crippen LogP contribution in [-0.4, -0.2) is 14.1 Å². The van der Waals surface area contributed by atoms with Crippen molar-refractivity contribution in [1.29, 1.82) is 0 Å². The molecule has 2 rings (SSSR count). The van der Waals surface area contributed by atoms with Gasteiger partial charge in [-0.1, -0.05) is 47.5 Å². The zero-order valence-corrected chi connectivity index (χ0v) is 15.7. The van der Waals surface area contributed by atoms with Gasteiger partial charge >= 0.3 is 0 Å². The molecule has 0 spiro atoms. The van der Waals surface area contributed by atoms with Crippen LogP contribution in [0.2, 0.25) is 10.0 Å². The second-order valence-corrected chi connectivity index (χ2v) is 6.63. The van der Waals surface area contributed by atoms with Crippen LogP contribution in [0.3, 0.4) is 0 Å². The Bertz CT molecular complexity index is 675. The highest BCUT2D eigenvalue weighted by molar-refractivity contribution is 6.30. The zero-order valence-electron chi connectivity index (χ0n) is 14.2. The van der Waals surface area contributed by atoms with Crippen molar-refractivity contribution in [1.82, 2.24) is 0 Å². The first-order valence-electron chi connectivity index (χ1n) is 7.51. The van der Waals surface area contributed by atoms with Gasteiger partial charge in [-0.3, -0.25) is 0 Å². The fraction of sp³-hybridized carbons (Fsp3) is 0.333.